The van der Waals surface area contributed by atoms with Crippen molar-refractivity contribution >= 4 is 11.9 Å². The largest absolute Gasteiger partial charge is 0.490 e. The average Bonchev–Trinajstić information content (AvgIpc) is 2.61. The second kappa shape index (κ2) is 8.72. The maximum Gasteiger partial charge on any atom is 0.387 e. The fourth-order valence-corrected chi connectivity index (χ4v) is 2.15. The Morgan fingerprint density at radius 1 is 1.19 bits per heavy atom. The van der Waals surface area contributed by atoms with Gasteiger partial charge in [-0.1, -0.05) is 6.07 Å². The first-order valence-electron chi connectivity index (χ1n) is 7.58. The second-order valence-electron chi connectivity index (χ2n) is 5.02. The summed E-state index contributed by atoms with van der Waals surface area (Å²) in [4.78, 5) is 12.3. The highest BCUT2D eigenvalue weighted by Gasteiger charge is 2.14. The number of carbonyl (C=O) groups is 1. The molecular weight excluding hydrogens is 347 g/mol. The summed E-state index contributed by atoms with van der Waals surface area (Å²) < 4.78 is 47.4. The first-order valence-corrected chi connectivity index (χ1v) is 7.58. The van der Waals surface area contributed by atoms with Gasteiger partial charge in [-0.2, -0.15) is 14.0 Å². The Morgan fingerprint density at radius 3 is 2.46 bits per heavy atom. The third-order valence-electron chi connectivity index (χ3n) is 3.27. The van der Waals surface area contributed by atoms with Crippen LogP contribution in [0.2, 0.25) is 0 Å². The molecule has 0 saturated heterocycles. The van der Waals surface area contributed by atoms with Crippen LogP contribution in [0, 0.1) is 17.1 Å². The fourth-order valence-electron chi connectivity index (χ4n) is 2.15. The molecule has 2 aromatic carbocycles. The van der Waals surface area contributed by atoms with Crippen LogP contribution in [0.4, 0.5) is 13.2 Å². The first kappa shape index (κ1) is 19.1. The van der Waals surface area contributed by atoms with E-state index in [1.54, 1.807) is 13.0 Å². The quantitative estimate of drug-likeness (QED) is 0.410. The van der Waals surface area contributed by atoms with Crippen LogP contribution >= 0.6 is 0 Å². The number of halogens is 3. The number of nitrogens with zero attached hydrogens (tertiary/aromatic N) is 1. The van der Waals surface area contributed by atoms with Crippen molar-refractivity contribution in [3.05, 3.63) is 65.0 Å². The summed E-state index contributed by atoms with van der Waals surface area (Å²) >= 11 is 0. The van der Waals surface area contributed by atoms with Crippen LogP contribution in [0.5, 0.6) is 11.5 Å². The van der Waals surface area contributed by atoms with E-state index < -0.39 is 18.2 Å². The Morgan fingerprint density at radius 2 is 1.88 bits per heavy atom. The summed E-state index contributed by atoms with van der Waals surface area (Å²) in [6.07, 6.45) is 1.29. The standard InChI is InChI=1S/C19H14F3NO3/c1-2-25-17-10-12(3-8-16(17)26-19(21)22)9-14(11-23)18(24)13-4-6-15(20)7-5-13/h3-10,19H,2H2,1H3/b14-9+. The third-order valence-corrected chi connectivity index (χ3v) is 3.27. The van der Waals surface area contributed by atoms with Crippen LogP contribution in [-0.4, -0.2) is 19.0 Å². The zero-order valence-electron chi connectivity index (χ0n) is 13.7. The first-order chi connectivity index (χ1) is 12.4. The molecule has 0 aliphatic carbocycles. The van der Waals surface area contributed by atoms with Crippen LogP contribution in [0.25, 0.3) is 6.08 Å². The number of Topliss-reactive ketones (excluding diaryl/α,β-unsaturated/α-hetero) is 1. The number of allylic oxidation sites excluding steroid dienone is 1. The molecule has 7 heteroatoms. The van der Waals surface area contributed by atoms with E-state index >= 15 is 0 Å². The van der Waals surface area contributed by atoms with Crippen molar-refractivity contribution in [1.82, 2.24) is 0 Å². The van der Waals surface area contributed by atoms with Gasteiger partial charge in [0.05, 0.1) is 6.61 Å². The molecule has 0 aliphatic rings. The zero-order chi connectivity index (χ0) is 19.1. The molecule has 4 nitrogen and oxygen atoms in total. The van der Waals surface area contributed by atoms with Crippen LogP contribution in [-0.2, 0) is 0 Å². The number of benzene rings is 2. The van der Waals surface area contributed by atoms with Crippen LogP contribution in [0.1, 0.15) is 22.8 Å². The predicted molar refractivity (Wildman–Crippen MR) is 88.6 cm³/mol. The normalized spacial score (nSPS) is 11.2. The molecule has 0 spiro atoms. The number of hydrogen-bond donors (Lipinski definition) is 0. The van der Waals surface area contributed by atoms with Gasteiger partial charge >= 0.3 is 6.61 Å². The summed E-state index contributed by atoms with van der Waals surface area (Å²) in [5, 5.41) is 9.25. The Balaban J connectivity index is 2.35. The van der Waals surface area contributed by atoms with E-state index in [9.17, 15) is 23.2 Å². The number of ketones is 1. The number of carbonyl (C=O) groups excluding carboxylic acids is 1. The van der Waals surface area contributed by atoms with Gasteiger partial charge in [0.15, 0.2) is 11.5 Å². The number of nitriles is 1. The lowest BCUT2D eigenvalue weighted by Gasteiger charge is -2.11. The lowest BCUT2D eigenvalue weighted by atomic mass is 10.0. The van der Waals surface area contributed by atoms with Crippen molar-refractivity contribution in [3.63, 3.8) is 0 Å². The topological polar surface area (TPSA) is 59.3 Å². The van der Waals surface area contributed by atoms with E-state index in [1.807, 2.05) is 0 Å². The Bertz CT molecular complexity index is 855. The molecule has 0 bridgehead atoms. The third kappa shape index (κ3) is 4.86. The highest BCUT2D eigenvalue weighted by atomic mass is 19.3. The summed E-state index contributed by atoms with van der Waals surface area (Å²) in [5.74, 6) is -1.17. The second-order valence-corrected chi connectivity index (χ2v) is 5.02. The molecule has 0 aliphatic heterocycles. The Kier molecular flexibility index (Phi) is 6.39. The highest BCUT2D eigenvalue weighted by molar-refractivity contribution is 6.14. The van der Waals surface area contributed by atoms with Crippen molar-refractivity contribution in [2.24, 2.45) is 0 Å². The van der Waals surface area contributed by atoms with Crippen molar-refractivity contribution in [2.75, 3.05) is 6.61 Å². The SMILES string of the molecule is CCOc1cc(/C=C(\C#N)C(=O)c2ccc(F)cc2)ccc1OC(F)F. The van der Waals surface area contributed by atoms with Crippen molar-refractivity contribution in [1.29, 1.82) is 5.26 Å². The minimum Gasteiger partial charge on any atom is -0.490 e. The molecular formula is C19H14F3NO3. The maximum absolute atomic E-state index is 13.0. The van der Waals surface area contributed by atoms with Gasteiger partial charge in [-0.15, -0.1) is 0 Å². The summed E-state index contributed by atoms with van der Waals surface area (Å²) in [7, 11) is 0. The van der Waals surface area contributed by atoms with E-state index in [0.717, 1.165) is 12.1 Å². The predicted octanol–water partition coefficient (Wildman–Crippen LogP) is 4.62. The van der Waals surface area contributed by atoms with Gasteiger partial charge in [0.2, 0.25) is 5.78 Å². The molecule has 0 saturated carbocycles. The zero-order valence-corrected chi connectivity index (χ0v) is 13.7. The van der Waals surface area contributed by atoms with E-state index in [4.69, 9.17) is 4.74 Å². The van der Waals surface area contributed by atoms with Crippen LogP contribution in [0.3, 0.4) is 0 Å². The van der Waals surface area contributed by atoms with Gasteiger partial charge in [-0.25, -0.2) is 4.39 Å². The van der Waals surface area contributed by atoms with Crippen molar-refractivity contribution < 1.29 is 27.4 Å². The molecule has 134 valence electrons. The van der Waals surface area contributed by atoms with E-state index in [2.05, 4.69) is 4.74 Å². The smallest absolute Gasteiger partial charge is 0.387 e. The lowest BCUT2D eigenvalue weighted by Crippen LogP contribution is -2.05. The minimum absolute atomic E-state index is 0.0630. The molecule has 0 N–H and O–H groups in total. The molecule has 0 heterocycles. The molecule has 2 rings (SSSR count). The van der Waals surface area contributed by atoms with Gasteiger partial charge in [0.1, 0.15) is 17.5 Å². The summed E-state index contributed by atoms with van der Waals surface area (Å²) in [6, 6.07) is 10.6. The highest BCUT2D eigenvalue weighted by Crippen LogP contribution is 2.30. The van der Waals surface area contributed by atoms with Crippen molar-refractivity contribution in [2.45, 2.75) is 13.5 Å². The van der Waals surface area contributed by atoms with Crippen molar-refractivity contribution in [3.8, 4) is 17.6 Å². The lowest BCUT2D eigenvalue weighted by molar-refractivity contribution is -0.0514. The molecule has 0 unspecified atom stereocenters. The summed E-state index contributed by atoms with van der Waals surface area (Å²) in [5.41, 5.74) is 0.352. The summed E-state index contributed by atoms with van der Waals surface area (Å²) in [6.45, 7) is -1.12. The van der Waals surface area contributed by atoms with Gasteiger partial charge in [0, 0.05) is 5.56 Å². The Labute approximate surface area is 148 Å². The molecule has 26 heavy (non-hydrogen) atoms. The number of alkyl halides is 2. The number of ether oxygens (including phenoxy) is 2. The van der Waals surface area contributed by atoms with Gasteiger partial charge < -0.3 is 9.47 Å². The van der Waals surface area contributed by atoms with Gasteiger partial charge in [-0.3, -0.25) is 4.79 Å². The molecule has 0 aromatic heterocycles. The van der Waals surface area contributed by atoms with Gasteiger partial charge in [0.25, 0.3) is 0 Å². The van der Waals surface area contributed by atoms with E-state index in [-0.39, 0.29) is 29.2 Å². The van der Waals surface area contributed by atoms with E-state index in [0.29, 0.717) is 5.56 Å². The van der Waals surface area contributed by atoms with Crippen LogP contribution in [0.15, 0.2) is 48.0 Å². The molecule has 0 fully saturated rings. The molecule has 0 amide bonds. The monoisotopic (exact) mass is 361 g/mol. The molecule has 2 aromatic rings. The van der Waals surface area contributed by atoms with E-state index in [1.165, 1.54) is 36.4 Å². The van der Waals surface area contributed by atoms with Crippen LogP contribution < -0.4 is 9.47 Å². The minimum atomic E-state index is -3.01. The number of hydrogen-bond acceptors (Lipinski definition) is 4. The Hall–Kier alpha value is -3.27. The fraction of sp³-hybridized carbons (Fsp3) is 0.158. The van der Waals surface area contributed by atoms with Gasteiger partial charge in [-0.05, 0) is 55.0 Å². The number of rotatable bonds is 7. The maximum atomic E-state index is 13.0. The average molecular weight is 361 g/mol. The molecule has 0 atom stereocenters. The molecule has 0 radical (unpaired) electrons.